The van der Waals surface area contributed by atoms with Gasteiger partial charge in [-0.25, -0.2) is 0 Å². The molecule has 0 aliphatic carbocycles. The SMILES string of the molecule is CCC[CH2][Sn]([CH2]c1ccccc1)([CH2]c1ccccc1)[O]C(=O)c1ccccc1. The van der Waals surface area contributed by atoms with Crippen LogP contribution in [0.3, 0.4) is 0 Å². The molecule has 144 valence electrons. The van der Waals surface area contributed by atoms with Crippen LogP contribution in [0.25, 0.3) is 0 Å². The standard InChI is InChI=1S/C7H6O2.2C7H7.C4H9.Sn/c8-7(9)6-4-2-1-3-5-6;2*1-7-5-3-2-4-6-7;1-3-4-2;/h1-5H,(H,8,9);2*2-6H,1H2;1,3-4H2,2H3;/q;;;;+1/p-1. The Kier molecular flexibility index (Phi) is 7.72. The molecule has 0 radical (unpaired) electrons. The Morgan fingerprint density at radius 1 is 0.750 bits per heavy atom. The van der Waals surface area contributed by atoms with Crippen molar-refractivity contribution in [1.29, 1.82) is 0 Å². The monoisotopic (exact) mass is 480 g/mol. The number of hydrogen-bond acceptors (Lipinski definition) is 2. The second kappa shape index (κ2) is 10.5. The molecule has 3 aromatic rings. The van der Waals surface area contributed by atoms with E-state index < -0.39 is 18.8 Å². The summed E-state index contributed by atoms with van der Waals surface area (Å²) in [5.74, 6) is -0.153. The van der Waals surface area contributed by atoms with Gasteiger partial charge in [0, 0.05) is 0 Å². The molecule has 0 saturated carbocycles. The summed E-state index contributed by atoms with van der Waals surface area (Å²) in [5.41, 5.74) is 3.22. The Bertz CT molecular complexity index is 806. The predicted octanol–water partition coefficient (Wildman–Crippen LogP) is 6.15. The maximum absolute atomic E-state index is 13.0. The number of unbranched alkanes of at least 4 members (excludes halogenated alkanes) is 1. The molecule has 0 saturated heterocycles. The molecule has 0 fully saturated rings. The minimum absolute atomic E-state index is 0.153. The predicted molar refractivity (Wildman–Crippen MR) is 118 cm³/mol. The zero-order valence-corrected chi connectivity index (χ0v) is 19.4. The summed E-state index contributed by atoms with van der Waals surface area (Å²) in [6.07, 6.45) is 2.23. The summed E-state index contributed by atoms with van der Waals surface area (Å²) in [5, 5.41) is 0. The number of rotatable bonds is 9. The van der Waals surface area contributed by atoms with Crippen LogP contribution in [0.15, 0.2) is 91.0 Å². The molecule has 0 aliphatic heterocycles. The third-order valence-corrected chi connectivity index (χ3v) is 16.4. The van der Waals surface area contributed by atoms with Crippen molar-refractivity contribution >= 4 is 24.8 Å². The summed E-state index contributed by atoms with van der Waals surface area (Å²) >= 11 is -3.33. The second-order valence-electron chi connectivity index (χ2n) is 7.37. The fraction of sp³-hybridized carbons (Fsp3) is 0.240. The fourth-order valence-corrected chi connectivity index (χ4v) is 15.6. The van der Waals surface area contributed by atoms with Crippen LogP contribution in [0.1, 0.15) is 41.3 Å². The van der Waals surface area contributed by atoms with Gasteiger partial charge in [-0.3, -0.25) is 0 Å². The molecular weight excluding hydrogens is 451 g/mol. The van der Waals surface area contributed by atoms with Crippen LogP contribution in [0.4, 0.5) is 0 Å². The van der Waals surface area contributed by atoms with E-state index in [9.17, 15) is 4.79 Å². The van der Waals surface area contributed by atoms with Crippen LogP contribution in [0.2, 0.25) is 4.44 Å². The van der Waals surface area contributed by atoms with Crippen molar-refractivity contribution < 1.29 is 7.87 Å². The van der Waals surface area contributed by atoms with E-state index in [2.05, 4.69) is 55.5 Å². The molecular formula is C25H28O2Sn. The van der Waals surface area contributed by atoms with Gasteiger partial charge in [-0.2, -0.15) is 0 Å². The summed E-state index contributed by atoms with van der Waals surface area (Å²) in [7, 11) is 0. The van der Waals surface area contributed by atoms with Crippen LogP contribution < -0.4 is 0 Å². The van der Waals surface area contributed by atoms with Crippen LogP contribution >= 0.6 is 0 Å². The summed E-state index contributed by atoms with van der Waals surface area (Å²) in [4.78, 5) is 13.0. The van der Waals surface area contributed by atoms with Crippen LogP contribution in [0, 0.1) is 0 Å². The maximum atomic E-state index is 13.0. The number of hydrogen-bond donors (Lipinski definition) is 0. The molecule has 3 heteroatoms. The normalized spacial score (nSPS) is 11.2. The molecule has 0 amide bonds. The number of benzene rings is 3. The number of carbonyl (C=O) groups excluding carboxylic acids is 1. The molecule has 0 aliphatic rings. The average Bonchev–Trinajstić information content (AvgIpc) is 2.74. The molecule has 0 bridgehead atoms. The second-order valence-corrected chi connectivity index (χ2v) is 18.1. The van der Waals surface area contributed by atoms with Gasteiger partial charge in [0.2, 0.25) is 0 Å². The van der Waals surface area contributed by atoms with Crippen LogP contribution in [-0.4, -0.2) is 24.8 Å². The van der Waals surface area contributed by atoms with Crippen LogP contribution in [-0.2, 0) is 11.9 Å². The van der Waals surface area contributed by atoms with E-state index in [1.54, 1.807) is 0 Å². The van der Waals surface area contributed by atoms with Crippen molar-refractivity contribution in [3.63, 3.8) is 0 Å². The first-order valence-electron chi connectivity index (χ1n) is 10.1. The molecule has 2 nitrogen and oxygen atoms in total. The quantitative estimate of drug-likeness (QED) is 0.344. The van der Waals surface area contributed by atoms with Gasteiger partial charge < -0.3 is 0 Å². The Morgan fingerprint density at radius 3 is 1.68 bits per heavy atom. The molecule has 3 aromatic carbocycles. The van der Waals surface area contributed by atoms with E-state index in [0.717, 1.165) is 26.2 Å². The van der Waals surface area contributed by atoms with E-state index in [1.165, 1.54) is 11.1 Å². The van der Waals surface area contributed by atoms with Crippen LogP contribution in [0.5, 0.6) is 0 Å². The first-order valence-corrected chi connectivity index (χ1v) is 17.3. The van der Waals surface area contributed by atoms with Crippen molar-refractivity contribution in [2.24, 2.45) is 0 Å². The fourth-order valence-electron chi connectivity index (χ4n) is 3.63. The van der Waals surface area contributed by atoms with Crippen molar-refractivity contribution in [3.8, 4) is 0 Å². The first-order chi connectivity index (χ1) is 13.7. The Balaban J connectivity index is 1.94. The van der Waals surface area contributed by atoms with Crippen molar-refractivity contribution in [2.75, 3.05) is 0 Å². The topological polar surface area (TPSA) is 26.3 Å². The zero-order chi connectivity index (χ0) is 19.7. The first kappa shape index (κ1) is 20.7. The van der Waals surface area contributed by atoms with Gasteiger partial charge in [-0.05, 0) is 0 Å². The van der Waals surface area contributed by atoms with Crippen molar-refractivity contribution in [1.82, 2.24) is 0 Å². The van der Waals surface area contributed by atoms with E-state index >= 15 is 0 Å². The minimum atomic E-state index is -3.33. The molecule has 0 aromatic heterocycles. The third-order valence-electron chi connectivity index (χ3n) is 5.04. The van der Waals surface area contributed by atoms with Crippen molar-refractivity contribution in [3.05, 3.63) is 108 Å². The van der Waals surface area contributed by atoms with Gasteiger partial charge in [0.15, 0.2) is 0 Å². The van der Waals surface area contributed by atoms with Gasteiger partial charge in [0.1, 0.15) is 0 Å². The summed E-state index contributed by atoms with van der Waals surface area (Å²) < 4.78 is 9.39. The molecule has 28 heavy (non-hydrogen) atoms. The summed E-state index contributed by atoms with van der Waals surface area (Å²) in [6.45, 7) is 2.21. The molecule has 3 rings (SSSR count). The van der Waals surface area contributed by atoms with Gasteiger partial charge in [0.25, 0.3) is 0 Å². The number of carbonyl (C=O) groups is 1. The van der Waals surface area contributed by atoms with Crippen molar-refractivity contribution in [2.45, 2.75) is 33.1 Å². The van der Waals surface area contributed by atoms with E-state index in [4.69, 9.17) is 3.07 Å². The Hall–Kier alpha value is -2.07. The molecule has 0 N–H and O–H groups in total. The Labute approximate surface area is 173 Å². The molecule has 0 heterocycles. The third kappa shape index (κ3) is 5.96. The van der Waals surface area contributed by atoms with Gasteiger partial charge in [-0.1, -0.05) is 0 Å². The molecule has 0 spiro atoms. The Morgan fingerprint density at radius 2 is 1.21 bits per heavy atom. The molecule has 0 atom stereocenters. The van der Waals surface area contributed by atoms with E-state index in [1.807, 2.05) is 42.5 Å². The van der Waals surface area contributed by atoms with E-state index in [-0.39, 0.29) is 5.97 Å². The average molecular weight is 479 g/mol. The zero-order valence-electron chi connectivity index (χ0n) is 16.5. The van der Waals surface area contributed by atoms with Gasteiger partial charge in [0.05, 0.1) is 0 Å². The van der Waals surface area contributed by atoms with E-state index in [0.29, 0.717) is 5.56 Å². The summed E-state index contributed by atoms with van der Waals surface area (Å²) in [6, 6.07) is 30.5. The molecule has 0 unspecified atom stereocenters. The van der Waals surface area contributed by atoms with Gasteiger partial charge >= 0.3 is 173 Å². The van der Waals surface area contributed by atoms with Gasteiger partial charge in [-0.15, -0.1) is 0 Å².